The minimum atomic E-state index is -0.244. The summed E-state index contributed by atoms with van der Waals surface area (Å²) in [7, 11) is 1.71. The van der Waals surface area contributed by atoms with Crippen molar-refractivity contribution < 1.29 is 9.53 Å². The zero-order chi connectivity index (χ0) is 22.5. The molecule has 1 N–H and O–H groups in total. The molecule has 0 fully saturated rings. The number of carbonyl (C=O) groups is 1. The fourth-order valence-corrected chi connectivity index (χ4v) is 4.09. The first-order chi connectivity index (χ1) is 15.6. The highest BCUT2D eigenvalue weighted by atomic mass is 16.5. The van der Waals surface area contributed by atoms with Crippen molar-refractivity contribution >= 4 is 5.91 Å². The standard InChI is InChI=1S/C24H30N6O2/c1-17(2)22(26-24(31)19-9-6-7-12-25-19)23-28-27-21-11-13-29(14-15-30(21)23)16-18-8-4-5-10-20(18)32-3/h4-10,12,17,22H,11,13-16H2,1-3H3,(H,26,31)/t22-/m0/s1. The molecule has 0 saturated carbocycles. The van der Waals surface area contributed by atoms with Gasteiger partial charge in [0.2, 0.25) is 0 Å². The van der Waals surface area contributed by atoms with E-state index in [-0.39, 0.29) is 17.9 Å². The zero-order valence-electron chi connectivity index (χ0n) is 18.9. The molecule has 3 heterocycles. The second-order valence-electron chi connectivity index (χ2n) is 8.37. The van der Waals surface area contributed by atoms with E-state index in [1.165, 1.54) is 5.56 Å². The van der Waals surface area contributed by atoms with Gasteiger partial charge >= 0.3 is 0 Å². The van der Waals surface area contributed by atoms with Crippen LogP contribution in [0.15, 0.2) is 48.7 Å². The van der Waals surface area contributed by atoms with Gasteiger partial charge < -0.3 is 14.6 Å². The topological polar surface area (TPSA) is 85.2 Å². The summed E-state index contributed by atoms with van der Waals surface area (Å²) in [4.78, 5) is 19.3. The summed E-state index contributed by atoms with van der Waals surface area (Å²) in [5, 5.41) is 12.1. The van der Waals surface area contributed by atoms with Crippen molar-refractivity contribution in [3.63, 3.8) is 0 Å². The van der Waals surface area contributed by atoms with E-state index in [2.05, 4.69) is 49.9 Å². The SMILES string of the molecule is COc1ccccc1CN1CCc2nnc([C@@H](NC(=O)c3ccccn3)C(C)C)n2CC1. The molecule has 1 aliphatic heterocycles. The van der Waals surface area contributed by atoms with E-state index < -0.39 is 0 Å². The molecule has 3 aromatic rings. The van der Waals surface area contributed by atoms with Crippen molar-refractivity contribution in [2.24, 2.45) is 5.92 Å². The summed E-state index contributed by atoms with van der Waals surface area (Å²) in [5.41, 5.74) is 1.58. The predicted octanol–water partition coefficient (Wildman–Crippen LogP) is 2.87. The van der Waals surface area contributed by atoms with E-state index in [0.717, 1.165) is 50.0 Å². The van der Waals surface area contributed by atoms with Crippen molar-refractivity contribution in [2.75, 3.05) is 20.2 Å². The molecule has 0 bridgehead atoms. The number of pyridine rings is 1. The summed E-state index contributed by atoms with van der Waals surface area (Å²) in [6, 6.07) is 13.2. The van der Waals surface area contributed by atoms with Gasteiger partial charge in [0, 0.05) is 44.4 Å². The number of hydrogen-bond donors (Lipinski definition) is 1. The molecule has 1 aromatic carbocycles. The molecule has 4 rings (SSSR count). The van der Waals surface area contributed by atoms with Gasteiger partial charge in [0.05, 0.1) is 13.2 Å². The van der Waals surface area contributed by atoms with E-state index in [1.807, 2.05) is 24.3 Å². The Labute approximate surface area is 188 Å². The number of aromatic nitrogens is 4. The molecule has 2 aromatic heterocycles. The lowest BCUT2D eigenvalue weighted by Crippen LogP contribution is -2.34. The van der Waals surface area contributed by atoms with E-state index in [0.29, 0.717) is 5.69 Å². The molecular weight excluding hydrogens is 404 g/mol. The van der Waals surface area contributed by atoms with Gasteiger partial charge in [0.1, 0.15) is 17.3 Å². The van der Waals surface area contributed by atoms with Crippen LogP contribution in [0.3, 0.4) is 0 Å². The maximum absolute atomic E-state index is 12.8. The van der Waals surface area contributed by atoms with Crippen LogP contribution >= 0.6 is 0 Å². The highest BCUT2D eigenvalue weighted by Crippen LogP contribution is 2.24. The zero-order valence-corrected chi connectivity index (χ0v) is 18.9. The Morgan fingerprint density at radius 3 is 2.66 bits per heavy atom. The number of rotatable bonds is 7. The molecular formula is C24H30N6O2. The van der Waals surface area contributed by atoms with Crippen molar-refractivity contribution in [2.45, 2.75) is 39.4 Å². The number of ether oxygens (including phenoxy) is 1. The normalized spacial score (nSPS) is 15.1. The maximum atomic E-state index is 12.8. The Kier molecular flexibility index (Phi) is 6.80. The monoisotopic (exact) mass is 434 g/mol. The molecule has 0 aliphatic carbocycles. The summed E-state index contributed by atoms with van der Waals surface area (Å²) in [6.07, 6.45) is 2.43. The molecule has 1 atom stereocenters. The number of amides is 1. The first-order valence-corrected chi connectivity index (χ1v) is 11.0. The van der Waals surface area contributed by atoms with Crippen LogP contribution in [0.2, 0.25) is 0 Å². The van der Waals surface area contributed by atoms with E-state index in [1.54, 1.807) is 25.4 Å². The van der Waals surface area contributed by atoms with Crippen molar-refractivity contribution in [1.29, 1.82) is 0 Å². The molecule has 0 spiro atoms. The van der Waals surface area contributed by atoms with Crippen LogP contribution in [0.4, 0.5) is 0 Å². The second kappa shape index (κ2) is 9.91. The smallest absolute Gasteiger partial charge is 0.270 e. The first kappa shape index (κ1) is 22.0. The largest absolute Gasteiger partial charge is 0.496 e. The minimum Gasteiger partial charge on any atom is -0.496 e. The molecule has 1 aliphatic rings. The van der Waals surface area contributed by atoms with Gasteiger partial charge in [0.25, 0.3) is 5.91 Å². The van der Waals surface area contributed by atoms with Gasteiger partial charge in [-0.25, -0.2) is 0 Å². The number of carbonyl (C=O) groups excluding carboxylic acids is 1. The molecule has 168 valence electrons. The lowest BCUT2D eigenvalue weighted by molar-refractivity contribution is 0.0916. The fraction of sp³-hybridized carbons (Fsp3) is 0.417. The Morgan fingerprint density at radius 2 is 1.91 bits per heavy atom. The first-order valence-electron chi connectivity index (χ1n) is 11.0. The fourth-order valence-electron chi connectivity index (χ4n) is 4.09. The third-order valence-corrected chi connectivity index (χ3v) is 5.86. The Bertz CT molecular complexity index is 1050. The third-order valence-electron chi connectivity index (χ3n) is 5.86. The van der Waals surface area contributed by atoms with Crippen LogP contribution in [-0.4, -0.2) is 50.8 Å². The molecule has 8 nitrogen and oxygen atoms in total. The summed E-state index contributed by atoms with van der Waals surface area (Å²) < 4.78 is 7.69. The van der Waals surface area contributed by atoms with Crippen molar-refractivity contribution in [3.8, 4) is 5.75 Å². The van der Waals surface area contributed by atoms with Crippen LogP contribution in [0, 0.1) is 5.92 Å². The van der Waals surface area contributed by atoms with Gasteiger partial charge in [-0.05, 0) is 24.1 Å². The number of hydrogen-bond acceptors (Lipinski definition) is 6. The number of fused-ring (bicyclic) bond motifs is 1. The lowest BCUT2D eigenvalue weighted by Gasteiger charge is -2.23. The molecule has 8 heteroatoms. The van der Waals surface area contributed by atoms with E-state index >= 15 is 0 Å². The summed E-state index contributed by atoms with van der Waals surface area (Å²) >= 11 is 0. The number of para-hydroxylation sites is 1. The van der Waals surface area contributed by atoms with Crippen LogP contribution in [0.1, 0.15) is 47.6 Å². The van der Waals surface area contributed by atoms with Crippen LogP contribution in [0.5, 0.6) is 5.75 Å². The Balaban J connectivity index is 1.49. The lowest BCUT2D eigenvalue weighted by atomic mass is 10.0. The van der Waals surface area contributed by atoms with Crippen LogP contribution < -0.4 is 10.1 Å². The quantitative estimate of drug-likeness (QED) is 0.616. The van der Waals surface area contributed by atoms with Crippen molar-refractivity contribution in [3.05, 3.63) is 71.6 Å². The molecule has 32 heavy (non-hydrogen) atoms. The second-order valence-corrected chi connectivity index (χ2v) is 8.37. The molecule has 0 radical (unpaired) electrons. The van der Waals surface area contributed by atoms with Gasteiger partial charge in [-0.15, -0.1) is 10.2 Å². The number of nitrogens with one attached hydrogen (secondary N) is 1. The van der Waals surface area contributed by atoms with Gasteiger partial charge in [-0.2, -0.15) is 0 Å². The molecule has 0 saturated heterocycles. The number of methoxy groups -OCH3 is 1. The van der Waals surface area contributed by atoms with E-state index in [4.69, 9.17) is 4.74 Å². The maximum Gasteiger partial charge on any atom is 0.270 e. The highest BCUT2D eigenvalue weighted by Gasteiger charge is 2.28. The molecule has 0 unspecified atom stereocenters. The summed E-state index contributed by atoms with van der Waals surface area (Å²) in [5.74, 6) is 2.63. The highest BCUT2D eigenvalue weighted by molar-refractivity contribution is 5.92. The summed E-state index contributed by atoms with van der Waals surface area (Å²) in [6.45, 7) is 7.51. The van der Waals surface area contributed by atoms with Gasteiger partial charge in [0.15, 0.2) is 5.82 Å². The van der Waals surface area contributed by atoms with Crippen LogP contribution in [-0.2, 0) is 19.5 Å². The minimum absolute atomic E-state index is 0.156. The van der Waals surface area contributed by atoms with Gasteiger partial charge in [-0.3, -0.25) is 14.7 Å². The average molecular weight is 435 g/mol. The van der Waals surface area contributed by atoms with Crippen molar-refractivity contribution in [1.82, 2.24) is 30.0 Å². The predicted molar refractivity (Wildman–Crippen MR) is 121 cm³/mol. The third kappa shape index (κ3) is 4.80. The Morgan fingerprint density at radius 1 is 1.09 bits per heavy atom. The average Bonchev–Trinajstić information content (AvgIpc) is 3.11. The number of nitrogens with zero attached hydrogens (tertiary/aromatic N) is 5. The number of benzene rings is 1. The Hall–Kier alpha value is -3.26. The molecule has 1 amide bonds. The van der Waals surface area contributed by atoms with Gasteiger partial charge in [-0.1, -0.05) is 38.1 Å². The van der Waals surface area contributed by atoms with E-state index in [9.17, 15) is 4.79 Å². The van der Waals surface area contributed by atoms with Crippen LogP contribution in [0.25, 0.3) is 0 Å².